The van der Waals surface area contributed by atoms with E-state index in [1.54, 1.807) is 0 Å². The molecule has 2 amide bonds. The van der Waals surface area contributed by atoms with Crippen molar-refractivity contribution in [1.82, 2.24) is 10.3 Å². The Morgan fingerprint density at radius 1 is 1.35 bits per heavy atom. The lowest BCUT2D eigenvalue weighted by Crippen LogP contribution is -2.35. The molecule has 1 aromatic heterocycles. The molecular weight excluding hydrogens is 314 g/mol. The number of thiazole rings is 1. The molecule has 1 heterocycles. The highest BCUT2D eigenvalue weighted by atomic mass is 32.1. The van der Waals surface area contributed by atoms with Gasteiger partial charge in [0.15, 0.2) is 10.9 Å². The van der Waals surface area contributed by atoms with E-state index in [1.165, 1.54) is 11.3 Å². The van der Waals surface area contributed by atoms with Gasteiger partial charge in [0, 0.05) is 25.8 Å². The van der Waals surface area contributed by atoms with Crippen molar-refractivity contribution in [2.45, 2.75) is 46.5 Å². The number of carbonyl (C=O) groups is 3. The SMILES string of the molecule is CCNC(=O)[C@H]1CC(=O)c2sc(NC(=O)C[C@H](C)CC)nc2C1. The first kappa shape index (κ1) is 17.6. The molecule has 0 aliphatic heterocycles. The van der Waals surface area contributed by atoms with Crippen molar-refractivity contribution in [2.24, 2.45) is 11.8 Å². The number of rotatable bonds is 6. The minimum atomic E-state index is -0.360. The number of anilines is 1. The predicted molar refractivity (Wildman–Crippen MR) is 89.6 cm³/mol. The van der Waals surface area contributed by atoms with Gasteiger partial charge in [0.25, 0.3) is 0 Å². The van der Waals surface area contributed by atoms with Crippen LogP contribution < -0.4 is 10.6 Å². The third-order valence-electron chi connectivity index (χ3n) is 4.02. The van der Waals surface area contributed by atoms with Crippen LogP contribution in [0.2, 0.25) is 0 Å². The van der Waals surface area contributed by atoms with Crippen molar-refractivity contribution in [3.63, 3.8) is 0 Å². The van der Waals surface area contributed by atoms with E-state index in [9.17, 15) is 14.4 Å². The second-order valence-electron chi connectivity index (χ2n) is 5.98. The molecule has 2 rings (SSSR count). The van der Waals surface area contributed by atoms with Gasteiger partial charge in [-0.25, -0.2) is 4.98 Å². The Morgan fingerprint density at radius 2 is 2.09 bits per heavy atom. The molecular formula is C16H23N3O3S. The summed E-state index contributed by atoms with van der Waals surface area (Å²) in [5.74, 6) is -0.309. The van der Waals surface area contributed by atoms with E-state index in [4.69, 9.17) is 0 Å². The molecule has 0 saturated heterocycles. The Bertz CT molecular complexity index is 612. The third-order valence-corrected chi connectivity index (χ3v) is 5.08. The van der Waals surface area contributed by atoms with Gasteiger partial charge in [0.05, 0.1) is 16.5 Å². The Labute approximate surface area is 140 Å². The van der Waals surface area contributed by atoms with E-state index in [2.05, 4.69) is 15.6 Å². The Balaban J connectivity index is 2.06. The summed E-state index contributed by atoms with van der Waals surface area (Å²) in [6.45, 7) is 6.46. The van der Waals surface area contributed by atoms with Crippen molar-refractivity contribution >= 4 is 34.1 Å². The van der Waals surface area contributed by atoms with E-state index < -0.39 is 0 Å². The summed E-state index contributed by atoms with van der Waals surface area (Å²) in [6, 6.07) is 0. The number of nitrogens with zero attached hydrogens (tertiary/aromatic N) is 1. The van der Waals surface area contributed by atoms with Gasteiger partial charge in [0.1, 0.15) is 0 Å². The summed E-state index contributed by atoms with van der Waals surface area (Å²) in [4.78, 5) is 41.0. The molecule has 0 radical (unpaired) electrons. The molecule has 2 N–H and O–H groups in total. The number of nitrogens with one attached hydrogen (secondary N) is 2. The van der Waals surface area contributed by atoms with Gasteiger partial charge in [-0.1, -0.05) is 31.6 Å². The van der Waals surface area contributed by atoms with Gasteiger partial charge in [-0.05, 0) is 12.8 Å². The average Bonchev–Trinajstić information content (AvgIpc) is 2.90. The van der Waals surface area contributed by atoms with Gasteiger partial charge in [0.2, 0.25) is 11.8 Å². The molecule has 0 spiro atoms. The molecule has 1 aliphatic carbocycles. The van der Waals surface area contributed by atoms with Crippen LogP contribution in [0.5, 0.6) is 0 Å². The minimum Gasteiger partial charge on any atom is -0.356 e. The Hall–Kier alpha value is -1.76. The zero-order chi connectivity index (χ0) is 17.0. The first-order valence-corrected chi connectivity index (χ1v) is 8.86. The summed E-state index contributed by atoms with van der Waals surface area (Å²) in [5.41, 5.74) is 0.626. The fraction of sp³-hybridized carbons (Fsp3) is 0.625. The van der Waals surface area contributed by atoms with Gasteiger partial charge < -0.3 is 10.6 Å². The van der Waals surface area contributed by atoms with Gasteiger partial charge in [-0.2, -0.15) is 0 Å². The lowest BCUT2D eigenvalue weighted by atomic mass is 9.89. The van der Waals surface area contributed by atoms with Crippen LogP contribution in [0.15, 0.2) is 0 Å². The molecule has 0 aromatic carbocycles. The van der Waals surface area contributed by atoms with Crippen LogP contribution in [0.4, 0.5) is 5.13 Å². The quantitative estimate of drug-likeness (QED) is 0.834. The molecule has 7 heteroatoms. The third kappa shape index (κ3) is 4.37. The highest BCUT2D eigenvalue weighted by molar-refractivity contribution is 7.17. The Kier molecular flexibility index (Phi) is 5.87. The summed E-state index contributed by atoms with van der Waals surface area (Å²) in [5, 5.41) is 5.97. The van der Waals surface area contributed by atoms with E-state index in [0.717, 1.165) is 6.42 Å². The van der Waals surface area contributed by atoms with E-state index >= 15 is 0 Å². The van der Waals surface area contributed by atoms with Crippen LogP contribution in [0.25, 0.3) is 0 Å². The molecule has 0 fully saturated rings. The number of aromatic nitrogens is 1. The normalized spacial score (nSPS) is 18.2. The van der Waals surface area contributed by atoms with Gasteiger partial charge in [-0.3, -0.25) is 14.4 Å². The van der Waals surface area contributed by atoms with Crippen LogP contribution in [0.1, 0.15) is 55.4 Å². The first-order chi connectivity index (χ1) is 10.9. The first-order valence-electron chi connectivity index (χ1n) is 8.05. The average molecular weight is 337 g/mol. The smallest absolute Gasteiger partial charge is 0.226 e. The maximum absolute atomic E-state index is 12.2. The molecule has 126 valence electrons. The number of hydrogen-bond acceptors (Lipinski definition) is 5. The van der Waals surface area contributed by atoms with Crippen molar-refractivity contribution < 1.29 is 14.4 Å². The van der Waals surface area contributed by atoms with Crippen LogP contribution in [0.3, 0.4) is 0 Å². The van der Waals surface area contributed by atoms with Crippen LogP contribution in [-0.4, -0.2) is 29.1 Å². The summed E-state index contributed by atoms with van der Waals surface area (Å²) < 4.78 is 0. The highest BCUT2D eigenvalue weighted by Gasteiger charge is 2.32. The number of amides is 2. The maximum Gasteiger partial charge on any atom is 0.226 e. The molecule has 0 unspecified atom stereocenters. The van der Waals surface area contributed by atoms with E-state index in [-0.39, 0.29) is 29.9 Å². The van der Waals surface area contributed by atoms with Crippen molar-refractivity contribution in [3.8, 4) is 0 Å². The monoisotopic (exact) mass is 337 g/mol. The van der Waals surface area contributed by atoms with Gasteiger partial charge >= 0.3 is 0 Å². The van der Waals surface area contributed by atoms with Crippen molar-refractivity contribution in [3.05, 3.63) is 10.6 Å². The number of carbonyl (C=O) groups excluding carboxylic acids is 3. The van der Waals surface area contributed by atoms with E-state index in [1.807, 2.05) is 20.8 Å². The van der Waals surface area contributed by atoms with Crippen molar-refractivity contribution in [1.29, 1.82) is 0 Å². The topological polar surface area (TPSA) is 88.2 Å². The molecule has 0 bridgehead atoms. The Morgan fingerprint density at radius 3 is 2.74 bits per heavy atom. The molecule has 6 nitrogen and oxygen atoms in total. The predicted octanol–water partition coefficient (Wildman–Crippen LogP) is 2.40. The number of ketones is 1. The fourth-order valence-corrected chi connectivity index (χ4v) is 3.48. The molecule has 1 aliphatic rings. The number of hydrogen-bond donors (Lipinski definition) is 2. The zero-order valence-electron chi connectivity index (χ0n) is 13.8. The largest absolute Gasteiger partial charge is 0.356 e. The van der Waals surface area contributed by atoms with Crippen LogP contribution >= 0.6 is 11.3 Å². The summed E-state index contributed by atoms with van der Waals surface area (Å²) >= 11 is 1.21. The molecule has 23 heavy (non-hydrogen) atoms. The van der Waals surface area contributed by atoms with Crippen LogP contribution in [0, 0.1) is 11.8 Å². The highest BCUT2D eigenvalue weighted by Crippen LogP contribution is 2.32. The lowest BCUT2D eigenvalue weighted by molar-refractivity contribution is -0.125. The summed E-state index contributed by atoms with van der Waals surface area (Å²) in [6.07, 6.45) is 2.04. The number of Topliss-reactive ketones (excluding diaryl/α,β-unsaturated/α-hetero) is 1. The second-order valence-corrected chi connectivity index (χ2v) is 6.98. The molecule has 1 aromatic rings. The maximum atomic E-state index is 12.2. The summed E-state index contributed by atoms with van der Waals surface area (Å²) in [7, 11) is 0. The van der Waals surface area contributed by atoms with Crippen molar-refractivity contribution in [2.75, 3.05) is 11.9 Å². The molecule has 0 saturated carbocycles. The standard InChI is InChI=1S/C16H23N3O3S/c1-4-9(3)6-13(21)19-16-18-11-7-10(15(22)17-5-2)8-12(20)14(11)23-16/h9-10H,4-8H2,1-3H3,(H,17,22)(H,18,19,21)/t9-,10-/m1/s1. The number of fused-ring (bicyclic) bond motifs is 1. The van der Waals surface area contributed by atoms with Crippen LogP contribution in [-0.2, 0) is 16.0 Å². The van der Waals surface area contributed by atoms with Gasteiger partial charge in [-0.15, -0.1) is 0 Å². The fourth-order valence-electron chi connectivity index (χ4n) is 2.52. The van der Waals surface area contributed by atoms with E-state index in [0.29, 0.717) is 41.0 Å². The zero-order valence-corrected chi connectivity index (χ0v) is 14.6. The minimum absolute atomic E-state index is 0.0672. The molecule has 2 atom stereocenters. The second kappa shape index (κ2) is 7.68. The lowest BCUT2D eigenvalue weighted by Gasteiger charge is -2.18.